The molecule has 0 aliphatic carbocycles. The van der Waals surface area contributed by atoms with Crippen molar-refractivity contribution in [3.05, 3.63) is 69.6 Å². The van der Waals surface area contributed by atoms with E-state index in [0.717, 1.165) is 10.1 Å². The first-order valence-electron chi connectivity index (χ1n) is 14.2. The number of benzene rings is 1. The Balaban J connectivity index is 2.66. The third kappa shape index (κ3) is 6.50. The van der Waals surface area contributed by atoms with Crippen LogP contribution in [0.5, 0.6) is 0 Å². The summed E-state index contributed by atoms with van der Waals surface area (Å²) in [5.74, 6) is -6.76. The zero-order valence-corrected chi connectivity index (χ0v) is 26.5. The number of carbonyl (C=O) groups is 6. The molecule has 0 bridgehead atoms. The highest BCUT2D eigenvalue weighted by atomic mass is 32.1. The molecule has 240 valence electrons. The number of aromatic nitrogens is 1. The van der Waals surface area contributed by atoms with Gasteiger partial charge in [0.15, 0.2) is 11.5 Å². The molecular weight excluding hydrogens is 610 g/mol. The van der Waals surface area contributed by atoms with Crippen LogP contribution < -0.4 is 0 Å². The monoisotopic (exact) mass is 643 g/mol. The molecule has 0 radical (unpaired) electrons. The van der Waals surface area contributed by atoms with Crippen molar-refractivity contribution >= 4 is 53.0 Å². The normalized spacial score (nSPS) is 15.4. The van der Waals surface area contributed by atoms with Crippen molar-refractivity contribution in [1.29, 1.82) is 0 Å². The summed E-state index contributed by atoms with van der Waals surface area (Å²) < 4.78 is 32.7. The first kappa shape index (κ1) is 34.6. The maximum atomic E-state index is 14.4. The van der Waals surface area contributed by atoms with E-state index in [-0.39, 0.29) is 38.6 Å². The summed E-state index contributed by atoms with van der Waals surface area (Å²) in [6.07, 6.45) is 0.651. The number of hydrogen-bond acceptors (Lipinski definition) is 13. The lowest BCUT2D eigenvalue weighted by molar-refractivity contribution is -0.163. The van der Waals surface area contributed by atoms with Gasteiger partial charge in [-0.15, -0.1) is 0 Å². The number of ketones is 1. The molecule has 2 heterocycles. The molecule has 14 heteroatoms. The molecule has 45 heavy (non-hydrogen) atoms. The molecule has 1 unspecified atom stereocenters. The molecule has 0 amide bonds. The summed E-state index contributed by atoms with van der Waals surface area (Å²) in [5.41, 5.74) is -5.14. The van der Waals surface area contributed by atoms with Crippen molar-refractivity contribution in [3.8, 4) is 0 Å². The summed E-state index contributed by atoms with van der Waals surface area (Å²) in [5, 5.41) is -0.645. The van der Waals surface area contributed by atoms with Crippen LogP contribution in [-0.4, -0.2) is 78.4 Å². The molecule has 2 aromatic rings. The van der Waals surface area contributed by atoms with E-state index in [9.17, 15) is 28.8 Å². The van der Waals surface area contributed by atoms with E-state index in [1.165, 1.54) is 46.8 Å². The second kappa shape index (κ2) is 14.8. The van der Waals surface area contributed by atoms with Gasteiger partial charge < -0.3 is 28.4 Å². The number of esters is 5. The maximum absolute atomic E-state index is 14.4. The van der Waals surface area contributed by atoms with E-state index in [0.29, 0.717) is 6.08 Å². The number of ether oxygens (including phenoxy) is 6. The van der Waals surface area contributed by atoms with Crippen LogP contribution in [0.15, 0.2) is 35.9 Å². The van der Waals surface area contributed by atoms with Gasteiger partial charge in [0, 0.05) is 11.6 Å². The Kier molecular flexibility index (Phi) is 11.4. The van der Waals surface area contributed by atoms with E-state index in [1.807, 2.05) is 0 Å². The van der Waals surface area contributed by atoms with Gasteiger partial charge >= 0.3 is 29.8 Å². The van der Waals surface area contributed by atoms with Crippen LogP contribution in [0.3, 0.4) is 0 Å². The highest BCUT2D eigenvalue weighted by Crippen LogP contribution is 2.47. The smallest absolute Gasteiger partial charge is 0.362 e. The summed E-state index contributed by atoms with van der Waals surface area (Å²) >= 11 is 5.46. The predicted octanol–water partition coefficient (Wildman–Crippen LogP) is 3.36. The van der Waals surface area contributed by atoms with Crippen molar-refractivity contribution in [2.75, 3.05) is 33.0 Å². The quantitative estimate of drug-likeness (QED) is 0.103. The topological polar surface area (TPSA) is 163 Å². The highest BCUT2D eigenvalue weighted by molar-refractivity contribution is 7.80. The predicted molar refractivity (Wildman–Crippen MR) is 160 cm³/mol. The fraction of sp³-hybridized carbons (Fsp3) is 0.387. The van der Waals surface area contributed by atoms with Crippen LogP contribution in [-0.2, 0) is 48.4 Å². The molecule has 0 fully saturated rings. The van der Waals surface area contributed by atoms with Crippen molar-refractivity contribution in [2.24, 2.45) is 0 Å². The van der Waals surface area contributed by atoms with E-state index in [4.69, 9.17) is 40.6 Å². The van der Waals surface area contributed by atoms with Gasteiger partial charge in [-0.25, -0.2) is 24.0 Å². The molecular formula is C31H33NO12S. The molecule has 1 aliphatic heterocycles. The van der Waals surface area contributed by atoms with Gasteiger partial charge in [-0.2, -0.15) is 0 Å². The molecule has 13 nitrogen and oxygen atoms in total. The van der Waals surface area contributed by atoms with Crippen LogP contribution in [0.1, 0.15) is 82.6 Å². The van der Waals surface area contributed by atoms with Gasteiger partial charge in [-0.3, -0.25) is 9.36 Å². The van der Waals surface area contributed by atoms with Crippen molar-refractivity contribution in [1.82, 2.24) is 4.57 Å². The average molecular weight is 644 g/mol. The zero-order valence-electron chi connectivity index (χ0n) is 25.7. The molecule has 1 aliphatic rings. The number of fused-ring (bicyclic) bond motifs is 1. The molecule has 1 atom stereocenters. The molecule has 3 rings (SSSR count). The third-order valence-corrected chi connectivity index (χ3v) is 6.67. The molecule has 1 aromatic carbocycles. The molecule has 0 saturated heterocycles. The summed E-state index contributed by atoms with van der Waals surface area (Å²) in [4.78, 5) is 81.9. The Labute approximate surface area is 264 Å². The largest absolute Gasteiger partial charge is 0.463 e. The maximum Gasteiger partial charge on any atom is 0.362 e. The Hall–Kier alpha value is -4.85. The molecule has 0 N–H and O–H groups in total. The number of nitrogens with zero attached hydrogens (tertiary/aromatic N) is 1. The Morgan fingerprint density at radius 2 is 1.33 bits per heavy atom. The summed E-state index contributed by atoms with van der Waals surface area (Å²) in [7, 11) is 0. The van der Waals surface area contributed by atoms with Gasteiger partial charge in [0.25, 0.3) is 10.8 Å². The lowest BCUT2D eigenvalue weighted by atomic mass is 9.84. The lowest BCUT2D eigenvalue weighted by Gasteiger charge is -2.28. The Morgan fingerprint density at radius 1 is 0.778 bits per heavy atom. The second-order valence-electron chi connectivity index (χ2n) is 9.22. The van der Waals surface area contributed by atoms with Crippen LogP contribution >= 0.6 is 12.2 Å². The van der Waals surface area contributed by atoms with Crippen LogP contribution in [0, 0.1) is 6.92 Å². The van der Waals surface area contributed by atoms with Crippen LogP contribution in [0.4, 0.5) is 0 Å². The van der Waals surface area contributed by atoms with Crippen LogP contribution in [0.25, 0.3) is 0 Å². The van der Waals surface area contributed by atoms with E-state index >= 15 is 0 Å². The summed E-state index contributed by atoms with van der Waals surface area (Å²) in [6.45, 7) is 8.35. The Morgan fingerprint density at radius 3 is 1.89 bits per heavy atom. The van der Waals surface area contributed by atoms with Crippen molar-refractivity contribution < 1.29 is 57.2 Å². The zero-order chi connectivity index (χ0) is 33.5. The number of carbonyl (C=O) groups excluding carboxylic acids is 6. The average Bonchev–Trinajstić information content (AvgIpc) is 3.50. The highest BCUT2D eigenvalue weighted by Gasteiger charge is 2.62. The summed E-state index contributed by atoms with van der Waals surface area (Å²) in [6, 6.07) is 6.18. The molecule has 0 saturated carbocycles. The van der Waals surface area contributed by atoms with Gasteiger partial charge in [0.1, 0.15) is 11.1 Å². The molecule has 0 spiro atoms. The van der Waals surface area contributed by atoms with E-state index in [2.05, 4.69) is 0 Å². The fourth-order valence-corrected chi connectivity index (χ4v) is 4.96. The first-order chi connectivity index (χ1) is 21.4. The fourth-order valence-electron chi connectivity index (χ4n) is 4.66. The SMILES string of the molecule is CCOC(=O)C=C(C(=O)OCC)C1(C(=O)OCC)OC(=S)n2c(C(=O)OCC)c(C(=O)OCC)c(C(=O)c3ccc(C)cc3)c21. The Bertz CT molecular complexity index is 1570. The number of thiocarbonyl (C=S) groups is 1. The minimum absolute atomic E-state index is 0.0255. The van der Waals surface area contributed by atoms with Gasteiger partial charge in [-0.1, -0.05) is 29.8 Å². The van der Waals surface area contributed by atoms with Gasteiger partial charge in [-0.05, 0) is 53.8 Å². The molecule has 1 aromatic heterocycles. The first-order valence-corrected chi connectivity index (χ1v) is 14.6. The standard InChI is InChI=1S/C31H33NO12S/c1-7-39-20(33)16-19(26(35)40-8-2)31(29(38)43-11-5)25-22(24(34)18-14-12-17(6)13-15-18)21(27(36)41-9-3)23(28(37)42-10-4)32(25)30(45)44-31/h12-16H,7-11H2,1-6H3. The van der Waals surface area contributed by atoms with E-state index < -0.39 is 74.5 Å². The minimum Gasteiger partial charge on any atom is -0.463 e. The minimum atomic E-state index is -2.84. The number of aryl methyl sites for hydroxylation is 1. The third-order valence-electron chi connectivity index (χ3n) is 6.40. The number of rotatable bonds is 13. The van der Waals surface area contributed by atoms with E-state index in [1.54, 1.807) is 19.1 Å². The van der Waals surface area contributed by atoms with Gasteiger partial charge in [0.05, 0.1) is 44.3 Å². The van der Waals surface area contributed by atoms with Crippen molar-refractivity contribution in [2.45, 2.75) is 47.1 Å². The second-order valence-corrected chi connectivity index (χ2v) is 9.57. The lowest BCUT2D eigenvalue weighted by Crippen LogP contribution is -2.44. The van der Waals surface area contributed by atoms with Crippen LogP contribution in [0.2, 0.25) is 0 Å². The van der Waals surface area contributed by atoms with Crippen molar-refractivity contribution in [3.63, 3.8) is 0 Å². The van der Waals surface area contributed by atoms with Gasteiger partial charge in [0.2, 0.25) is 0 Å². The number of hydrogen-bond donors (Lipinski definition) is 0.